The van der Waals surface area contributed by atoms with Crippen LogP contribution in [-0.4, -0.2) is 128 Å². The van der Waals surface area contributed by atoms with E-state index in [2.05, 4.69) is 87.7 Å². The molecule has 0 aliphatic carbocycles. The van der Waals surface area contributed by atoms with E-state index in [-0.39, 0.29) is 89.1 Å². The first-order chi connectivity index (χ1) is 31.0. The Hall–Kier alpha value is -1.83. The molecule has 2 heterocycles. The molecule has 0 fully saturated rings. The summed E-state index contributed by atoms with van der Waals surface area (Å²) in [6.45, 7) is 4.96. The topological polar surface area (TPSA) is 318 Å². The van der Waals surface area contributed by atoms with Crippen LogP contribution in [0.4, 0.5) is 5.72 Å². The third-order valence-corrected chi connectivity index (χ3v) is 9.86. The summed E-state index contributed by atoms with van der Waals surface area (Å²) in [7, 11) is 3.18. The molecular formula is C36H58BrCuF2I2N14Nb2O8. The number of benzene rings is 1. The Bertz CT molecular complexity index is 1780. The Morgan fingerprint density at radius 1 is 0.864 bits per heavy atom. The molecule has 0 aliphatic rings. The maximum Gasteiger partial charge on any atom is 0 e. The summed E-state index contributed by atoms with van der Waals surface area (Å²) in [6.07, 6.45) is 9.61. The number of nitrogens with one attached hydrogen (secondary N) is 2. The predicted molar refractivity (Wildman–Crippen MR) is 253 cm³/mol. The molecule has 2 unspecified atom stereocenters. The van der Waals surface area contributed by atoms with Crippen LogP contribution < -0.4 is 27.8 Å². The van der Waals surface area contributed by atoms with Crippen LogP contribution in [0.3, 0.4) is 0 Å². The monoisotopic (exact) mass is 1430 g/mol. The molecule has 8 N–H and O–H groups in total. The number of rotatable bonds is 28. The van der Waals surface area contributed by atoms with E-state index in [4.69, 9.17) is 48.1 Å². The number of halogens is 5. The summed E-state index contributed by atoms with van der Waals surface area (Å²) in [4.78, 5) is 46.6. The van der Waals surface area contributed by atoms with Crippen LogP contribution in [-0.2, 0) is 123 Å². The summed E-state index contributed by atoms with van der Waals surface area (Å²) in [5.74, 6) is 2.08. The van der Waals surface area contributed by atoms with Gasteiger partial charge in [-0.25, -0.2) is 4.68 Å². The summed E-state index contributed by atoms with van der Waals surface area (Å²) < 4.78 is 46.2. The van der Waals surface area contributed by atoms with Crippen molar-refractivity contribution in [3.8, 4) is 12.3 Å². The van der Waals surface area contributed by atoms with Gasteiger partial charge >= 0.3 is 222 Å². The number of aromatic nitrogens is 6. The minimum Gasteiger partial charge on any atom is 0 e. The molecule has 2 aromatic heterocycles. The smallest absolute Gasteiger partial charge is 0 e. The number of terminal acetylenes is 1. The zero-order valence-corrected chi connectivity index (χ0v) is 47.8. The average molecular weight is 1440 g/mol. The molecule has 0 saturated heterocycles. The van der Waals surface area contributed by atoms with Gasteiger partial charge in [0.15, 0.2) is 0 Å². The zero-order valence-electron chi connectivity index (χ0n) is 36.3. The minimum absolute atomic E-state index is 0. The number of methoxy groups -OCH3 is 2. The molecular weight excluding hydrogens is 1380 g/mol. The Morgan fingerprint density at radius 3 is 1.88 bits per heavy atom. The fourth-order valence-corrected chi connectivity index (χ4v) is 5.33. The molecule has 0 spiro atoms. The molecule has 376 valence electrons. The molecule has 0 saturated carbocycles. The van der Waals surface area contributed by atoms with Crippen molar-refractivity contribution < 1.29 is 103 Å². The fourth-order valence-electron chi connectivity index (χ4n) is 4.01. The Morgan fingerprint density at radius 2 is 1.38 bits per heavy atom. The van der Waals surface area contributed by atoms with Gasteiger partial charge in [-0.05, 0) is 5.56 Å². The first-order valence-corrected chi connectivity index (χ1v) is 25.3. The summed E-state index contributed by atoms with van der Waals surface area (Å²) in [5, 5.41) is 24.1. The van der Waals surface area contributed by atoms with Crippen molar-refractivity contribution in [3.63, 3.8) is 0 Å². The van der Waals surface area contributed by atoms with Crippen LogP contribution in [0.5, 0.6) is 0 Å². The number of ether oxygens (including phenoxy) is 4. The number of hydrogen-bond donors (Lipinski definition) is 5. The van der Waals surface area contributed by atoms with Crippen molar-refractivity contribution >= 4 is 77.1 Å². The number of amides is 2. The van der Waals surface area contributed by atoms with Crippen LogP contribution in [0.25, 0.3) is 10.4 Å². The molecule has 1 aromatic carbocycles. The van der Waals surface area contributed by atoms with E-state index in [9.17, 15) is 24.9 Å². The van der Waals surface area contributed by atoms with E-state index in [0.29, 0.717) is 71.3 Å². The van der Waals surface area contributed by atoms with Crippen LogP contribution >= 0.6 is 57.7 Å². The van der Waals surface area contributed by atoms with Crippen molar-refractivity contribution in [1.29, 1.82) is 0 Å². The second-order valence-corrected chi connectivity index (χ2v) is 15.3. The number of nitrogens with zero attached hydrogens (tertiary/aromatic N) is 9. The van der Waals surface area contributed by atoms with Gasteiger partial charge in [0.2, 0.25) is 5.91 Å². The number of aryl methyl sites for hydroxylation is 1. The number of nitrogens with two attached hydrogens (primary N) is 3. The van der Waals surface area contributed by atoms with Crippen molar-refractivity contribution in [1.82, 2.24) is 40.6 Å². The quantitative estimate of drug-likeness (QED) is 0.0102. The van der Waals surface area contributed by atoms with Crippen LogP contribution in [0, 0.1) is 12.3 Å². The van der Waals surface area contributed by atoms with E-state index in [1.807, 2.05) is 24.4 Å². The van der Waals surface area contributed by atoms with Gasteiger partial charge < -0.3 is 30.0 Å². The second kappa shape index (κ2) is 51.0. The number of carbonyl (C=O) groups excluding carboxylic acids is 4. The zero-order chi connectivity index (χ0) is 48.2. The normalized spacial score (nSPS) is 10.6. The molecule has 30 heteroatoms. The van der Waals surface area contributed by atoms with E-state index in [1.54, 1.807) is 25.1 Å². The largest absolute Gasteiger partial charge is 0 e. The van der Waals surface area contributed by atoms with Crippen LogP contribution in [0.2, 0.25) is 0 Å². The van der Waals surface area contributed by atoms with Gasteiger partial charge in [0.1, 0.15) is 0 Å². The molecule has 0 aliphatic heterocycles. The second-order valence-electron chi connectivity index (χ2n) is 12.1. The van der Waals surface area contributed by atoms with Gasteiger partial charge in [0, 0.05) is 71.9 Å². The first kappa shape index (κ1) is 70.7. The van der Waals surface area contributed by atoms with Gasteiger partial charge in [-0.3, -0.25) is 4.79 Å². The minimum atomic E-state index is -2.13. The van der Waals surface area contributed by atoms with E-state index >= 15 is 0 Å². The van der Waals surface area contributed by atoms with Gasteiger partial charge in [0.05, 0.1) is 58.0 Å². The van der Waals surface area contributed by atoms with Crippen molar-refractivity contribution in [2.45, 2.75) is 63.9 Å². The van der Waals surface area contributed by atoms with Crippen LogP contribution in [0.15, 0.2) is 47.8 Å². The Labute approximate surface area is 451 Å². The van der Waals surface area contributed by atoms with Gasteiger partial charge in [-0.1, -0.05) is 41.5 Å². The third-order valence-electron chi connectivity index (χ3n) is 7.26. The molecule has 2 atom stereocenters. The molecule has 22 nitrogen and oxygen atoms in total. The standard InChI is InChI=1S/C13H23FIN5O4.C10H12N4.C9H15NO3.C4H8FIN4O.BrH.Cu.2Nb/c1-23-6-7-24-5-3-12(21)17-8-10-9-20(19-18-10)4-2-11(16)13(22)15-14;11-6-10-8-14(13-12-10)7-9-4-2-1-3-5-9;1-3-5-10-9(11)4-6-13-8-7-12-2;5-6-4(11)3(7)1-2-9-10-8;;;;/h9,11,15H,2-8,16H2,1H3,(H,17,21);1-5,8H,6-7,11H2;1H,4-8H2,2H3,(H,10,11);3,6H,1-2,7H2;1H;;;/q;;;;;+1;;/p-1. The van der Waals surface area contributed by atoms with Crippen molar-refractivity contribution in [3.05, 3.63) is 70.1 Å². The SMILES string of the molecule is C#CCNC(=O)CCOCCOC.COCCOCCC(=O)NCc1cn(CCC(N)C(=O)[IH]F)nn1.NCc1cn(Cc2ccccc2)nn1.[Cu][Br].[N-]=[N+]=NCCC(N)C(=O)[IH]F.[Nb].[Nb]. The molecule has 2 radical (unpaired) electrons. The number of hydrogen-bond acceptors (Lipinski definition) is 16. The van der Waals surface area contributed by atoms with Gasteiger partial charge in [-0.2, -0.15) is 0 Å². The maximum absolute atomic E-state index is 12.3. The molecule has 66 heavy (non-hydrogen) atoms. The van der Waals surface area contributed by atoms with E-state index in [0.717, 1.165) is 12.2 Å². The Balaban J connectivity index is -0.000000398. The maximum atomic E-state index is 12.3. The summed E-state index contributed by atoms with van der Waals surface area (Å²) >= 11 is 2.29. The van der Waals surface area contributed by atoms with Crippen LogP contribution in [0.1, 0.15) is 42.6 Å². The average Bonchev–Trinajstić information content (AvgIpc) is 3.99. The van der Waals surface area contributed by atoms with E-state index < -0.39 is 63.2 Å². The number of carbonyl (C=O) groups is 4. The van der Waals surface area contributed by atoms with Crippen molar-refractivity contribution in [2.75, 3.05) is 67.0 Å². The molecule has 3 aromatic rings. The summed E-state index contributed by atoms with van der Waals surface area (Å²) in [6, 6.07) is 8.56. The number of azide groups is 1. The van der Waals surface area contributed by atoms with Gasteiger partial charge in [0.25, 0.3) is 0 Å². The van der Waals surface area contributed by atoms with E-state index in [1.165, 1.54) is 10.2 Å². The summed E-state index contributed by atoms with van der Waals surface area (Å²) in [5.41, 5.74) is 26.7. The molecule has 3 rings (SSSR count). The first-order valence-electron chi connectivity index (χ1n) is 18.9. The molecule has 0 bridgehead atoms. The van der Waals surface area contributed by atoms with Gasteiger partial charge in [-0.15, -0.1) is 11.5 Å². The Kier molecular flexibility index (Phi) is 54.7. The molecule has 2 amide bonds. The van der Waals surface area contributed by atoms with Crippen molar-refractivity contribution in [2.24, 2.45) is 22.3 Å². The fraction of sp³-hybridized carbons (Fsp3) is 0.556. The predicted octanol–water partition coefficient (Wildman–Crippen LogP) is 2.32. The third kappa shape index (κ3) is 41.2.